The molecule has 0 unspecified atom stereocenters. The second-order valence-electron chi connectivity index (χ2n) is 6.44. The van der Waals surface area contributed by atoms with Gasteiger partial charge in [0.25, 0.3) is 5.91 Å². The molecule has 0 aromatic heterocycles. The minimum Gasteiger partial charge on any atom is -0.346 e. The number of rotatable bonds is 2. The molecular formula is C19H21NO. The molecule has 0 spiro atoms. The summed E-state index contributed by atoms with van der Waals surface area (Å²) in [6.45, 7) is 6.43. The number of fused-ring (bicyclic) bond motifs is 1. The molecule has 1 aliphatic carbocycles. The van der Waals surface area contributed by atoms with Crippen LogP contribution in [0.1, 0.15) is 39.5 Å². The molecule has 0 aliphatic heterocycles. The fourth-order valence-electron chi connectivity index (χ4n) is 3.19. The topological polar surface area (TPSA) is 29.1 Å². The summed E-state index contributed by atoms with van der Waals surface area (Å²) in [5.41, 5.74) is 5.93. The van der Waals surface area contributed by atoms with E-state index in [0.717, 1.165) is 18.4 Å². The third-order valence-electron chi connectivity index (χ3n) is 4.43. The molecule has 0 radical (unpaired) electrons. The Bertz CT molecular complexity index is 657. The molecule has 0 heterocycles. The highest BCUT2D eigenvalue weighted by Crippen LogP contribution is 2.32. The van der Waals surface area contributed by atoms with E-state index in [4.69, 9.17) is 0 Å². The van der Waals surface area contributed by atoms with Crippen molar-refractivity contribution >= 4 is 5.91 Å². The summed E-state index contributed by atoms with van der Waals surface area (Å²) in [5, 5.41) is 3.22. The maximum atomic E-state index is 12.4. The Morgan fingerprint density at radius 2 is 1.52 bits per heavy atom. The summed E-state index contributed by atoms with van der Waals surface area (Å²) in [4.78, 5) is 12.4. The van der Waals surface area contributed by atoms with Gasteiger partial charge < -0.3 is 5.32 Å². The van der Waals surface area contributed by atoms with Crippen molar-refractivity contribution in [2.75, 3.05) is 0 Å². The van der Waals surface area contributed by atoms with Crippen molar-refractivity contribution in [3.8, 4) is 0 Å². The fraction of sp³-hybridized carbons (Fsp3) is 0.316. The van der Waals surface area contributed by atoms with Crippen molar-refractivity contribution in [2.45, 2.75) is 39.2 Å². The quantitative estimate of drug-likeness (QED) is 0.894. The van der Waals surface area contributed by atoms with E-state index in [1.54, 1.807) is 0 Å². The van der Waals surface area contributed by atoms with E-state index in [-0.39, 0.29) is 11.4 Å². The normalized spacial score (nSPS) is 15.6. The fourth-order valence-corrected chi connectivity index (χ4v) is 3.19. The summed E-state index contributed by atoms with van der Waals surface area (Å²) in [7, 11) is 0. The van der Waals surface area contributed by atoms with Crippen molar-refractivity contribution in [1.82, 2.24) is 5.32 Å². The molecule has 2 nitrogen and oxygen atoms in total. The monoisotopic (exact) mass is 279 g/mol. The van der Waals surface area contributed by atoms with Gasteiger partial charge in [0.1, 0.15) is 0 Å². The number of nitrogens with one attached hydrogen (secondary N) is 1. The van der Waals surface area contributed by atoms with Crippen LogP contribution in [0, 0.1) is 13.8 Å². The predicted molar refractivity (Wildman–Crippen MR) is 85.6 cm³/mol. The van der Waals surface area contributed by atoms with Crippen LogP contribution < -0.4 is 5.32 Å². The molecular weight excluding hydrogens is 258 g/mol. The summed E-state index contributed by atoms with van der Waals surface area (Å²) in [6, 6.07) is 14.0. The molecule has 1 amide bonds. The average Bonchev–Trinajstić information content (AvgIpc) is 2.75. The van der Waals surface area contributed by atoms with Gasteiger partial charge in [0, 0.05) is 11.1 Å². The van der Waals surface area contributed by atoms with Gasteiger partial charge in [0.05, 0.1) is 0 Å². The zero-order chi connectivity index (χ0) is 15.0. The Morgan fingerprint density at radius 3 is 2.05 bits per heavy atom. The zero-order valence-electron chi connectivity index (χ0n) is 12.9. The standard InChI is InChI=1S/C19H21NO/c1-13-9-16-11-19(3,12-17(16)10-14(13)2)20-18(21)15-7-5-4-6-8-15/h4-10H,11-12H2,1-3H3,(H,20,21). The molecule has 2 aromatic carbocycles. The van der Waals surface area contributed by atoms with Crippen LogP contribution in [0.15, 0.2) is 42.5 Å². The van der Waals surface area contributed by atoms with Crippen LogP contribution in [-0.2, 0) is 12.8 Å². The molecule has 3 rings (SSSR count). The molecule has 0 bridgehead atoms. The van der Waals surface area contributed by atoms with Gasteiger partial charge in [-0.2, -0.15) is 0 Å². The third-order valence-corrected chi connectivity index (χ3v) is 4.43. The lowest BCUT2D eigenvalue weighted by Crippen LogP contribution is -2.46. The zero-order valence-corrected chi connectivity index (χ0v) is 12.9. The minimum absolute atomic E-state index is 0.0133. The van der Waals surface area contributed by atoms with Gasteiger partial charge in [0.15, 0.2) is 0 Å². The predicted octanol–water partition coefficient (Wildman–Crippen LogP) is 3.59. The Hall–Kier alpha value is -2.09. The number of carbonyl (C=O) groups excluding carboxylic acids is 1. The van der Waals surface area contributed by atoms with Crippen molar-refractivity contribution in [3.05, 3.63) is 70.3 Å². The molecule has 2 aromatic rings. The molecule has 0 atom stereocenters. The van der Waals surface area contributed by atoms with Crippen LogP contribution in [-0.4, -0.2) is 11.4 Å². The molecule has 0 saturated heterocycles. The van der Waals surface area contributed by atoms with Crippen LogP contribution in [0.3, 0.4) is 0 Å². The maximum Gasteiger partial charge on any atom is 0.251 e. The van der Waals surface area contributed by atoms with E-state index in [2.05, 4.69) is 38.2 Å². The second kappa shape index (κ2) is 5.03. The van der Waals surface area contributed by atoms with Gasteiger partial charge in [-0.3, -0.25) is 4.79 Å². The molecule has 1 N–H and O–H groups in total. The van der Waals surface area contributed by atoms with Gasteiger partial charge in [-0.1, -0.05) is 30.3 Å². The Kier molecular flexibility index (Phi) is 3.32. The highest BCUT2D eigenvalue weighted by atomic mass is 16.1. The molecule has 2 heteroatoms. The van der Waals surface area contributed by atoms with E-state index in [0.29, 0.717) is 0 Å². The van der Waals surface area contributed by atoms with Crippen molar-refractivity contribution < 1.29 is 4.79 Å². The highest BCUT2D eigenvalue weighted by molar-refractivity contribution is 5.94. The SMILES string of the molecule is Cc1cc2c(cc1C)CC(C)(NC(=O)c1ccccc1)C2. The van der Waals surface area contributed by atoms with Crippen LogP contribution in [0.4, 0.5) is 0 Å². The van der Waals surface area contributed by atoms with Gasteiger partial charge in [0.2, 0.25) is 0 Å². The summed E-state index contributed by atoms with van der Waals surface area (Å²) < 4.78 is 0. The smallest absolute Gasteiger partial charge is 0.251 e. The minimum atomic E-state index is -0.185. The van der Waals surface area contributed by atoms with Crippen molar-refractivity contribution in [2.24, 2.45) is 0 Å². The average molecular weight is 279 g/mol. The molecule has 1 aliphatic rings. The molecule has 0 saturated carbocycles. The third kappa shape index (κ3) is 2.71. The van der Waals surface area contributed by atoms with Crippen molar-refractivity contribution in [1.29, 1.82) is 0 Å². The maximum absolute atomic E-state index is 12.4. The number of aryl methyl sites for hydroxylation is 2. The van der Waals surface area contributed by atoms with E-state index in [1.165, 1.54) is 22.3 Å². The van der Waals surface area contributed by atoms with Crippen LogP contribution >= 0.6 is 0 Å². The van der Waals surface area contributed by atoms with Gasteiger partial charge in [-0.25, -0.2) is 0 Å². The van der Waals surface area contributed by atoms with Gasteiger partial charge in [-0.05, 0) is 68.0 Å². The molecule has 21 heavy (non-hydrogen) atoms. The van der Waals surface area contributed by atoms with E-state index in [9.17, 15) is 4.79 Å². The van der Waals surface area contributed by atoms with Crippen molar-refractivity contribution in [3.63, 3.8) is 0 Å². The number of amides is 1. The lowest BCUT2D eigenvalue weighted by atomic mass is 9.98. The first-order valence-corrected chi connectivity index (χ1v) is 7.43. The van der Waals surface area contributed by atoms with Crippen LogP contribution in [0.2, 0.25) is 0 Å². The van der Waals surface area contributed by atoms with Gasteiger partial charge >= 0.3 is 0 Å². The van der Waals surface area contributed by atoms with E-state index >= 15 is 0 Å². The lowest BCUT2D eigenvalue weighted by Gasteiger charge is -2.25. The van der Waals surface area contributed by atoms with E-state index in [1.807, 2.05) is 30.3 Å². The lowest BCUT2D eigenvalue weighted by molar-refractivity contribution is 0.0909. The molecule has 108 valence electrons. The first kappa shape index (κ1) is 13.9. The summed E-state index contributed by atoms with van der Waals surface area (Å²) in [6.07, 6.45) is 1.81. The first-order chi connectivity index (χ1) is 9.97. The first-order valence-electron chi connectivity index (χ1n) is 7.43. The Balaban J connectivity index is 1.80. The summed E-state index contributed by atoms with van der Waals surface area (Å²) >= 11 is 0. The Morgan fingerprint density at radius 1 is 1.00 bits per heavy atom. The number of carbonyl (C=O) groups is 1. The highest BCUT2D eigenvalue weighted by Gasteiger charge is 2.34. The van der Waals surface area contributed by atoms with Gasteiger partial charge in [-0.15, -0.1) is 0 Å². The Labute approximate surface area is 126 Å². The number of hydrogen-bond donors (Lipinski definition) is 1. The molecule has 0 fully saturated rings. The largest absolute Gasteiger partial charge is 0.346 e. The number of hydrogen-bond acceptors (Lipinski definition) is 1. The van der Waals surface area contributed by atoms with Crippen LogP contribution in [0.25, 0.3) is 0 Å². The van der Waals surface area contributed by atoms with E-state index < -0.39 is 0 Å². The second-order valence-corrected chi connectivity index (χ2v) is 6.44. The number of benzene rings is 2. The van der Waals surface area contributed by atoms with Crippen LogP contribution in [0.5, 0.6) is 0 Å². The summed E-state index contributed by atoms with van der Waals surface area (Å²) in [5.74, 6) is 0.0133.